The first kappa shape index (κ1) is 15.8. The Kier molecular flexibility index (Phi) is 4.22. The average molecular weight is 333 g/mol. The van der Waals surface area contributed by atoms with Gasteiger partial charge in [0.1, 0.15) is 0 Å². The van der Waals surface area contributed by atoms with Crippen LogP contribution in [-0.2, 0) is 7.05 Å². The summed E-state index contributed by atoms with van der Waals surface area (Å²) in [6.45, 7) is 4.04. The molecule has 0 aliphatic carbocycles. The van der Waals surface area contributed by atoms with Gasteiger partial charge in [0.05, 0.1) is 11.4 Å². The number of benzene rings is 1. The quantitative estimate of drug-likeness (QED) is 0.735. The maximum absolute atomic E-state index is 4.85. The molecule has 3 aromatic rings. The van der Waals surface area contributed by atoms with E-state index in [4.69, 9.17) is 4.98 Å². The second kappa shape index (κ2) is 6.67. The predicted molar refractivity (Wildman–Crippen MR) is 99.6 cm³/mol. The van der Waals surface area contributed by atoms with Gasteiger partial charge in [-0.05, 0) is 42.9 Å². The highest BCUT2D eigenvalue weighted by molar-refractivity contribution is 5.60. The third kappa shape index (κ3) is 3.14. The zero-order valence-electron chi connectivity index (χ0n) is 14.8. The van der Waals surface area contributed by atoms with Gasteiger partial charge in [-0.15, -0.1) is 0 Å². The summed E-state index contributed by atoms with van der Waals surface area (Å²) in [5, 5.41) is 4.26. The van der Waals surface area contributed by atoms with Crippen LogP contribution in [0.3, 0.4) is 0 Å². The second-order valence-electron chi connectivity index (χ2n) is 6.71. The van der Waals surface area contributed by atoms with Crippen LogP contribution in [-0.4, -0.2) is 32.8 Å². The Bertz CT molecular complexity index is 848. The van der Waals surface area contributed by atoms with E-state index in [2.05, 4.69) is 45.3 Å². The third-order valence-corrected chi connectivity index (χ3v) is 5.07. The van der Waals surface area contributed by atoms with Gasteiger partial charge >= 0.3 is 0 Å². The normalized spacial score (nSPS) is 15.5. The third-order valence-electron chi connectivity index (χ3n) is 5.07. The van der Waals surface area contributed by atoms with Gasteiger partial charge in [-0.2, -0.15) is 5.10 Å². The van der Waals surface area contributed by atoms with Crippen molar-refractivity contribution in [2.45, 2.75) is 25.7 Å². The van der Waals surface area contributed by atoms with Crippen LogP contribution in [0.5, 0.6) is 0 Å². The number of aromatic nitrogens is 4. The van der Waals surface area contributed by atoms with Crippen LogP contribution < -0.4 is 4.90 Å². The molecule has 0 bridgehead atoms. The largest absolute Gasteiger partial charge is 0.341 e. The molecule has 128 valence electrons. The number of anilines is 1. The van der Waals surface area contributed by atoms with Crippen molar-refractivity contribution in [3.05, 3.63) is 59.9 Å². The molecule has 25 heavy (non-hydrogen) atoms. The fourth-order valence-electron chi connectivity index (χ4n) is 3.59. The molecule has 5 nitrogen and oxygen atoms in total. The number of nitrogens with zero attached hydrogens (tertiary/aromatic N) is 5. The van der Waals surface area contributed by atoms with E-state index in [0.29, 0.717) is 5.92 Å². The summed E-state index contributed by atoms with van der Waals surface area (Å²) < 4.78 is 1.86. The molecule has 0 atom stereocenters. The van der Waals surface area contributed by atoms with Crippen LogP contribution in [0, 0.1) is 6.92 Å². The van der Waals surface area contributed by atoms with E-state index < -0.39 is 0 Å². The van der Waals surface area contributed by atoms with Crippen molar-refractivity contribution in [1.82, 2.24) is 19.7 Å². The van der Waals surface area contributed by atoms with Gasteiger partial charge in [-0.25, -0.2) is 9.97 Å². The lowest BCUT2D eigenvalue weighted by molar-refractivity contribution is 0.499. The first-order chi connectivity index (χ1) is 12.2. The van der Waals surface area contributed by atoms with Crippen LogP contribution in [0.1, 0.15) is 29.9 Å². The lowest BCUT2D eigenvalue weighted by Gasteiger charge is -2.32. The zero-order valence-corrected chi connectivity index (χ0v) is 14.8. The van der Waals surface area contributed by atoms with Crippen LogP contribution in [0.4, 0.5) is 5.95 Å². The van der Waals surface area contributed by atoms with Crippen molar-refractivity contribution in [2.75, 3.05) is 18.0 Å². The molecule has 2 aromatic heterocycles. The van der Waals surface area contributed by atoms with Gasteiger partial charge < -0.3 is 4.90 Å². The molecule has 1 aromatic carbocycles. The van der Waals surface area contributed by atoms with Crippen molar-refractivity contribution in [2.24, 2.45) is 7.05 Å². The van der Waals surface area contributed by atoms with Crippen LogP contribution in [0.15, 0.2) is 48.8 Å². The highest BCUT2D eigenvalue weighted by Gasteiger charge is 2.23. The Labute approximate surface area is 148 Å². The highest BCUT2D eigenvalue weighted by Crippen LogP contribution is 2.30. The molecule has 4 rings (SSSR count). The molecule has 1 aliphatic heterocycles. The zero-order chi connectivity index (χ0) is 17.2. The van der Waals surface area contributed by atoms with Crippen LogP contribution in [0.25, 0.3) is 11.4 Å². The van der Waals surface area contributed by atoms with Gasteiger partial charge in [-0.3, -0.25) is 4.68 Å². The Morgan fingerprint density at radius 1 is 1.04 bits per heavy atom. The highest BCUT2D eigenvalue weighted by atomic mass is 15.3. The Balaban J connectivity index is 1.53. The van der Waals surface area contributed by atoms with Gasteiger partial charge in [0, 0.05) is 32.5 Å². The van der Waals surface area contributed by atoms with E-state index in [-0.39, 0.29) is 0 Å². The first-order valence-electron chi connectivity index (χ1n) is 8.84. The van der Waals surface area contributed by atoms with Crippen molar-refractivity contribution in [3.63, 3.8) is 0 Å². The SMILES string of the molecule is Cc1cnc(N2CCC(c3ccccc3)CC2)nc1-c1ccnn1C. The van der Waals surface area contributed by atoms with Gasteiger partial charge in [-0.1, -0.05) is 30.3 Å². The van der Waals surface area contributed by atoms with E-state index in [1.165, 1.54) is 5.56 Å². The molecule has 1 fully saturated rings. The van der Waals surface area contributed by atoms with Crippen LogP contribution in [0.2, 0.25) is 0 Å². The van der Waals surface area contributed by atoms with E-state index in [0.717, 1.165) is 48.8 Å². The fraction of sp³-hybridized carbons (Fsp3) is 0.350. The lowest BCUT2D eigenvalue weighted by Crippen LogP contribution is -2.34. The summed E-state index contributed by atoms with van der Waals surface area (Å²) in [5.41, 5.74) is 4.52. The standard InChI is InChI=1S/C20H23N5/c1-15-14-21-20(23-19(15)18-8-11-22-24(18)2)25-12-9-17(10-13-25)16-6-4-3-5-7-16/h3-8,11,14,17H,9-10,12-13H2,1-2H3. The number of rotatable bonds is 3. The molecule has 1 aliphatic rings. The van der Waals surface area contributed by atoms with E-state index >= 15 is 0 Å². The molecule has 3 heterocycles. The molecule has 0 unspecified atom stereocenters. The van der Waals surface area contributed by atoms with Gasteiger partial charge in [0.25, 0.3) is 0 Å². The molecule has 0 radical (unpaired) electrons. The fourth-order valence-corrected chi connectivity index (χ4v) is 3.59. The van der Waals surface area contributed by atoms with E-state index in [1.54, 1.807) is 0 Å². The summed E-state index contributed by atoms with van der Waals surface area (Å²) >= 11 is 0. The minimum atomic E-state index is 0.638. The van der Waals surface area contributed by atoms with E-state index in [1.807, 2.05) is 37.1 Å². The van der Waals surface area contributed by atoms with Crippen molar-refractivity contribution in [1.29, 1.82) is 0 Å². The number of hydrogen-bond donors (Lipinski definition) is 0. The maximum atomic E-state index is 4.85. The molecule has 0 spiro atoms. The van der Waals surface area contributed by atoms with Crippen LogP contribution >= 0.6 is 0 Å². The Morgan fingerprint density at radius 2 is 1.80 bits per heavy atom. The molecular weight excluding hydrogens is 310 g/mol. The number of aryl methyl sites for hydroxylation is 2. The minimum Gasteiger partial charge on any atom is -0.341 e. The summed E-state index contributed by atoms with van der Waals surface area (Å²) in [7, 11) is 1.95. The second-order valence-corrected chi connectivity index (χ2v) is 6.71. The summed E-state index contributed by atoms with van der Waals surface area (Å²) in [5.74, 6) is 1.47. The summed E-state index contributed by atoms with van der Waals surface area (Å²) in [6, 6.07) is 12.8. The Morgan fingerprint density at radius 3 is 2.48 bits per heavy atom. The van der Waals surface area contributed by atoms with E-state index in [9.17, 15) is 0 Å². The molecule has 5 heteroatoms. The topological polar surface area (TPSA) is 46.8 Å². The molecule has 0 N–H and O–H groups in total. The lowest BCUT2D eigenvalue weighted by atomic mass is 9.90. The van der Waals surface area contributed by atoms with Crippen molar-refractivity contribution < 1.29 is 0 Å². The van der Waals surface area contributed by atoms with Crippen molar-refractivity contribution in [3.8, 4) is 11.4 Å². The summed E-state index contributed by atoms with van der Waals surface area (Å²) in [4.78, 5) is 11.7. The maximum Gasteiger partial charge on any atom is 0.225 e. The minimum absolute atomic E-state index is 0.638. The van der Waals surface area contributed by atoms with Crippen molar-refractivity contribution >= 4 is 5.95 Å². The molecule has 0 saturated carbocycles. The molecular formula is C20H23N5. The smallest absolute Gasteiger partial charge is 0.225 e. The molecule has 0 amide bonds. The van der Waals surface area contributed by atoms with Gasteiger partial charge in [0.15, 0.2) is 0 Å². The predicted octanol–water partition coefficient (Wildman–Crippen LogP) is 3.57. The average Bonchev–Trinajstić information content (AvgIpc) is 3.09. The number of piperidine rings is 1. The van der Waals surface area contributed by atoms with Gasteiger partial charge in [0.2, 0.25) is 5.95 Å². The monoisotopic (exact) mass is 333 g/mol. The molecule has 1 saturated heterocycles. The summed E-state index contributed by atoms with van der Waals surface area (Å²) in [6.07, 6.45) is 6.01. The first-order valence-corrected chi connectivity index (χ1v) is 8.84. The number of hydrogen-bond acceptors (Lipinski definition) is 4. The Hall–Kier alpha value is -2.69.